The van der Waals surface area contributed by atoms with Gasteiger partial charge in [-0.3, -0.25) is 9.59 Å². The SMILES string of the molecule is CC(C)Oc1ccc(CC(=O)Nc2ncc(-c3ccc(C=O)cc3)nc2Cc2ccccc2)cc1. The summed E-state index contributed by atoms with van der Waals surface area (Å²) >= 11 is 0. The van der Waals surface area contributed by atoms with E-state index in [4.69, 9.17) is 9.72 Å². The lowest BCUT2D eigenvalue weighted by Crippen LogP contribution is -2.17. The smallest absolute Gasteiger partial charge is 0.229 e. The van der Waals surface area contributed by atoms with Crippen molar-refractivity contribution < 1.29 is 14.3 Å². The lowest BCUT2D eigenvalue weighted by molar-refractivity contribution is -0.115. The number of hydrogen-bond acceptors (Lipinski definition) is 5. The lowest BCUT2D eigenvalue weighted by atomic mass is 10.1. The van der Waals surface area contributed by atoms with E-state index >= 15 is 0 Å². The number of hydrogen-bond donors (Lipinski definition) is 1. The Hall–Kier alpha value is -4.32. The molecule has 0 fully saturated rings. The van der Waals surface area contributed by atoms with E-state index in [9.17, 15) is 9.59 Å². The number of anilines is 1. The van der Waals surface area contributed by atoms with Gasteiger partial charge in [0.1, 0.15) is 12.0 Å². The van der Waals surface area contributed by atoms with Crippen LogP contribution in [0.1, 0.15) is 41.0 Å². The molecule has 0 saturated heterocycles. The fraction of sp³-hybridized carbons (Fsp3) is 0.172. The quantitative estimate of drug-likeness (QED) is 0.329. The molecule has 1 amide bonds. The molecule has 4 rings (SSSR count). The molecule has 0 spiro atoms. The number of nitrogens with zero attached hydrogens (tertiary/aromatic N) is 2. The standard InChI is InChI=1S/C29H27N3O3/c1-20(2)35-25-14-10-22(11-15-25)17-28(34)32-29-26(16-21-6-4-3-5-7-21)31-27(18-30-29)24-12-8-23(19-33)9-13-24/h3-15,18-20H,16-17H2,1-2H3,(H,30,32,34). The summed E-state index contributed by atoms with van der Waals surface area (Å²) < 4.78 is 5.67. The van der Waals surface area contributed by atoms with Crippen LogP contribution >= 0.6 is 0 Å². The second-order valence-corrected chi connectivity index (χ2v) is 8.49. The molecule has 35 heavy (non-hydrogen) atoms. The molecule has 0 bridgehead atoms. The van der Waals surface area contributed by atoms with E-state index in [0.29, 0.717) is 29.2 Å². The van der Waals surface area contributed by atoms with Gasteiger partial charge in [-0.25, -0.2) is 9.97 Å². The van der Waals surface area contributed by atoms with Crippen LogP contribution in [0.25, 0.3) is 11.3 Å². The second-order valence-electron chi connectivity index (χ2n) is 8.49. The zero-order valence-corrected chi connectivity index (χ0v) is 19.8. The summed E-state index contributed by atoms with van der Waals surface area (Å²) in [6, 6.07) is 24.6. The van der Waals surface area contributed by atoms with Gasteiger partial charge in [0.25, 0.3) is 0 Å². The zero-order valence-electron chi connectivity index (χ0n) is 19.8. The molecule has 0 saturated carbocycles. The summed E-state index contributed by atoms with van der Waals surface area (Å²) in [6.07, 6.45) is 3.27. The van der Waals surface area contributed by atoms with Crippen molar-refractivity contribution in [2.24, 2.45) is 0 Å². The molecular formula is C29H27N3O3. The van der Waals surface area contributed by atoms with Crippen LogP contribution in [0.5, 0.6) is 5.75 Å². The van der Waals surface area contributed by atoms with Crippen molar-refractivity contribution >= 4 is 18.0 Å². The molecule has 0 aliphatic carbocycles. The molecule has 3 aromatic carbocycles. The van der Waals surface area contributed by atoms with Crippen LogP contribution in [0.15, 0.2) is 85.1 Å². The average Bonchev–Trinajstić information content (AvgIpc) is 2.87. The molecule has 0 unspecified atom stereocenters. The first-order chi connectivity index (χ1) is 17.0. The third-order valence-electron chi connectivity index (χ3n) is 5.32. The highest BCUT2D eigenvalue weighted by molar-refractivity contribution is 5.92. The number of benzene rings is 3. The highest BCUT2D eigenvalue weighted by Crippen LogP contribution is 2.22. The Balaban J connectivity index is 1.55. The van der Waals surface area contributed by atoms with E-state index in [0.717, 1.165) is 28.7 Å². The van der Waals surface area contributed by atoms with Crippen molar-refractivity contribution in [3.8, 4) is 17.0 Å². The molecule has 6 nitrogen and oxygen atoms in total. The van der Waals surface area contributed by atoms with Gasteiger partial charge in [-0.05, 0) is 37.1 Å². The highest BCUT2D eigenvalue weighted by atomic mass is 16.5. The molecule has 0 atom stereocenters. The topological polar surface area (TPSA) is 81.2 Å². The van der Waals surface area contributed by atoms with Gasteiger partial charge in [0.05, 0.1) is 30.1 Å². The first kappa shape index (κ1) is 23.8. The molecule has 6 heteroatoms. The van der Waals surface area contributed by atoms with Crippen LogP contribution in [0.2, 0.25) is 0 Å². The van der Waals surface area contributed by atoms with Crippen molar-refractivity contribution in [1.82, 2.24) is 9.97 Å². The van der Waals surface area contributed by atoms with Crippen LogP contribution < -0.4 is 10.1 Å². The minimum atomic E-state index is -0.172. The normalized spacial score (nSPS) is 10.7. The number of carbonyl (C=O) groups is 2. The van der Waals surface area contributed by atoms with E-state index in [1.54, 1.807) is 18.3 Å². The van der Waals surface area contributed by atoms with Crippen molar-refractivity contribution in [3.05, 3.63) is 107 Å². The van der Waals surface area contributed by atoms with Crippen molar-refractivity contribution in [2.75, 3.05) is 5.32 Å². The predicted octanol–water partition coefficient (Wildman–Crippen LogP) is 5.52. The molecule has 1 N–H and O–H groups in total. The van der Waals surface area contributed by atoms with Crippen molar-refractivity contribution in [3.63, 3.8) is 0 Å². The fourth-order valence-electron chi connectivity index (χ4n) is 3.64. The number of rotatable bonds is 9. The summed E-state index contributed by atoms with van der Waals surface area (Å²) in [6.45, 7) is 3.95. The molecule has 0 radical (unpaired) electrons. The van der Waals surface area contributed by atoms with Gasteiger partial charge >= 0.3 is 0 Å². The number of nitrogens with one attached hydrogen (secondary N) is 1. The Bertz CT molecular complexity index is 1290. The minimum absolute atomic E-state index is 0.0942. The van der Waals surface area contributed by atoms with Crippen LogP contribution in [0.3, 0.4) is 0 Å². The van der Waals surface area contributed by atoms with Gasteiger partial charge in [0.15, 0.2) is 5.82 Å². The van der Waals surface area contributed by atoms with Gasteiger partial charge in [-0.1, -0.05) is 66.7 Å². The lowest BCUT2D eigenvalue weighted by Gasteiger charge is -2.12. The summed E-state index contributed by atoms with van der Waals surface area (Å²) in [5.74, 6) is 1.04. The largest absolute Gasteiger partial charge is 0.491 e. The Kier molecular flexibility index (Phi) is 7.63. The van der Waals surface area contributed by atoms with Crippen molar-refractivity contribution in [2.45, 2.75) is 32.8 Å². The maximum absolute atomic E-state index is 12.8. The van der Waals surface area contributed by atoms with Crippen molar-refractivity contribution in [1.29, 1.82) is 0 Å². The second kappa shape index (κ2) is 11.2. The fourth-order valence-corrected chi connectivity index (χ4v) is 3.64. The number of carbonyl (C=O) groups excluding carboxylic acids is 2. The van der Waals surface area contributed by atoms with E-state index in [1.807, 2.05) is 80.6 Å². The number of aldehydes is 1. The molecule has 0 aliphatic rings. The summed E-state index contributed by atoms with van der Waals surface area (Å²) in [5, 5.41) is 2.93. The van der Waals surface area contributed by atoms with Gasteiger partial charge in [-0.2, -0.15) is 0 Å². The minimum Gasteiger partial charge on any atom is -0.491 e. The molecule has 0 aliphatic heterocycles. The molecular weight excluding hydrogens is 438 g/mol. The van der Waals surface area contributed by atoms with Crippen LogP contribution in [-0.2, 0) is 17.6 Å². The van der Waals surface area contributed by atoms with Crippen LogP contribution in [0.4, 0.5) is 5.82 Å². The van der Waals surface area contributed by atoms with E-state index in [1.165, 1.54) is 0 Å². The van der Waals surface area contributed by atoms with Gasteiger partial charge in [0, 0.05) is 17.5 Å². The van der Waals surface area contributed by atoms with E-state index in [2.05, 4.69) is 10.3 Å². The monoisotopic (exact) mass is 465 g/mol. The van der Waals surface area contributed by atoms with Gasteiger partial charge in [0.2, 0.25) is 5.91 Å². The van der Waals surface area contributed by atoms with Gasteiger partial charge in [-0.15, -0.1) is 0 Å². The average molecular weight is 466 g/mol. The molecule has 1 heterocycles. The summed E-state index contributed by atoms with van der Waals surface area (Å²) in [7, 11) is 0. The summed E-state index contributed by atoms with van der Waals surface area (Å²) in [4.78, 5) is 33.2. The first-order valence-electron chi connectivity index (χ1n) is 11.5. The highest BCUT2D eigenvalue weighted by Gasteiger charge is 2.14. The first-order valence-corrected chi connectivity index (χ1v) is 11.5. The number of ether oxygens (including phenoxy) is 1. The Morgan fingerprint density at radius 1 is 0.943 bits per heavy atom. The molecule has 176 valence electrons. The zero-order chi connectivity index (χ0) is 24.6. The van der Waals surface area contributed by atoms with E-state index < -0.39 is 0 Å². The molecule has 1 aromatic heterocycles. The van der Waals surface area contributed by atoms with Crippen LogP contribution in [-0.4, -0.2) is 28.3 Å². The predicted molar refractivity (Wildman–Crippen MR) is 137 cm³/mol. The Labute approximate surface area is 205 Å². The third-order valence-corrected chi connectivity index (χ3v) is 5.32. The Morgan fingerprint density at radius 3 is 2.31 bits per heavy atom. The molecule has 4 aromatic rings. The number of aromatic nitrogens is 2. The van der Waals surface area contributed by atoms with Crippen LogP contribution in [0, 0.1) is 0 Å². The maximum atomic E-state index is 12.8. The maximum Gasteiger partial charge on any atom is 0.229 e. The van der Waals surface area contributed by atoms with Gasteiger partial charge < -0.3 is 10.1 Å². The van der Waals surface area contributed by atoms with E-state index in [-0.39, 0.29) is 18.4 Å². The number of amides is 1. The summed E-state index contributed by atoms with van der Waals surface area (Å²) in [5.41, 5.74) is 4.72. The third kappa shape index (κ3) is 6.60. The Morgan fingerprint density at radius 2 is 1.66 bits per heavy atom.